The minimum atomic E-state index is 0.826. The third-order valence-electron chi connectivity index (χ3n) is 3.17. The van der Waals surface area contributed by atoms with Gasteiger partial charge >= 0.3 is 0 Å². The fourth-order valence-electron chi connectivity index (χ4n) is 2.28. The average Bonchev–Trinajstić information content (AvgIpc) is 2.90. The molecule has 0 saturated heterocycles. The third kappa shape index (κ3) is 1.57. The maximum atomic E-state index is 4.60. The lowest BCUT2D eigenvalue weighted by Gasteiger charge is -2.01. The highest BCUT2D eigenvalue weighted by Gasteiger charge is 2.09. The Morgan fingerprint density at radius 1 is 0.947 bits per heavy atom. The fraction of sp³-hybridized carbons (Fsp3) is 0. The van der Waals surface area contributed by atoms with E-state index < -0.39 is 0 Å². The van der Waals surface area contributed by atoms with E-state index in [1.54, 1.807) is 18.6 Å². The molecule has 4 heteroatoms. The maximum Gasteiger partial charge on any atom is 0.140 e. The topological polar surface area (TPSA) is 54.5 Å². The van der Waals surface area contributed by atoms with Crippen molar-refractivity contribution >= 4 is 21.9 Å². The van der Waals surface area contributed by atoms with E-state index in [2.05, 4.69) is 32.1 Å². The summed E-state index contributed by atoms with van der Waals surface area (Å²) in [4.78, 5) is 16.4. The van der Waals surface area contributed by atoms with Gasteiger partial charge in [-0.25, -0.2) is 4.98 Å². The van der Waals surface area contributed by atoms with Crippen molar-refractivity contribution in [3.8, 4) is 11.4 Å². The molecule has 0 aliphatic carbocycles. The standard InChI is InChI=1S/C15H10N4/c1-3-10-4-2-7-17-14(10)11(5-1)15-18-12-6-8-16-9-13(12)19-15/h1-9H,(H,18,19). The highest BCUT2D eigenvalue weighted by Crippen LogP contribution is 2.26. The minimum Gasteiger partial charge on any atom is -0.337 e. The van der Waals surface area contributed by atoms with Gasteiger partial charge in [-0.3, -0.25) is 9.97 Å². The summed E-state index contributed by atoms with van der Waals surface area (Å²) in [5.74, 6) is 0.826. The fourth-order valence-corrected chi connectivity index (χ4v) is 2.28. The lowest BCUT2D eigenvalue weighted by molar-refractivity contribution is 1.32. The number of rotatable bonds is 1. The monoisotopic (exact) mass is 246 g/mol. The van der Waals surface area contributed by atoms with E-state index in [1.807, 2.05) is 24.3 Å². The minimum absolute atomic E-state index is 0.826. The van der Waals surface area contributed by atoms with Crippen molar-refractivity contribution in [1.82, 2.24) is 19.9 Å². The predicted molar refractivity (Wildman–Crippen MR) is 74.6 cm³/mol. The zero-order chi connectivity index (χ0) is 12.7. The smallest absolute Gasteiger partial charge is 0.140 e. The van der Waals surface area contributed by atoms with Crippen LogP contribution in [-0.2, 0) is 0 Å². The molecule has 3 heterocycles. The predicted octanol–water partition coefficient (Wildman–Crippen LogP) is 3.17. The Bertz CT molecular complexity index is 841. The molecular formula is C15H10N4. The number of fused-ring (bicyclic) bond motifs is 2. The number of hydrogen-bond donors (Lipinski definition) is 1. The molecule has 4 nitrogen and oxygen atoms in total. The Morgan fingerprint density at radius 2 is 1.89 bits per heavy atom. The van der Waals surface area contributed by atoms with Crippen LogP contribution in [0.15, 0.2) is 55.0 Å². The van der Waals surface area contributed by atoms with Crippen molar-refractivity contribution in [1.29, 1.82) is 0 Å². The van der Waals surface area contributed by atoms with Gasteiger partial charge in [0.15, 0.2) is 0 Å². The first-order chi connectivity index (χ1) is 9.42. The summed E-state index contributed by atoms with van der Waals surface area (Å²) in [5.41, 5.74) is 3.81. The van der Waals surface area contributed by atoms with Crippen LogP contribution in [0.4, 0.5) is 0 Å². The van der Waals surface area contributed by atoms with E-state index in [9.17, 15) is 0 Å². The second-order valence-corrected chi connectivity index (χ2v) is 4.36. The van der Waals surface area contributed by atoms with Gasteiger partial charge in [-0.1, -0.05) is 18.2 Å². The number of H-pyrrole nitrogens is 1. The first-order valence-corrected chi connectivity index (χ1v) is 6.06. The Balaban J connectivity index is 2.03. The number of benzene rings is 1. The van der Waals surface area contributed by atoms with Gasteiger partial charge in [0.05, 0.1) is 22.7 Å². The molecule has 0 atom stereocenters. The van der Waals surface area contributed by atoms with Crippen molar-refractivity contribution in [2.24, 2.45) is 0 Å². The van der Waals surface area contributed by atoms with Gasteiger partial charge in [0.25, 0.3) is 0 Å². The number of aromatic amines is 1. The second kappa shape index (κ2) is 3.88. The quantitative estimate of drug-likeness (QED) is 0.561. The molecule has 0 amide bonds. The van der Waals surface area contributed by atoms with Crippen LogP contribution >= 0.6 is 0 Å². The number of nitrogens with zero attached hydrogens (tertiary/aromatic N) is 3. The number of imidazole rings is 1. The van der Waals surface area contributed by atoms with E-state index in [4.69, 9.17) is 0 Å². The Kier molecular flexibility index (Phi) is 2.08. The molecule has 0 unspecified atom stereocenters. The molecule has 0 aliphatic heterocycles. The van der Waals surface area contributed by atoms with Gasteiger partial charge in [0.1, 0.15) is 5.82 Å². The first-order valence-electron chi connectivity index (χ1n) is 6.06. The number of nitrogens with one attached hydrogen (secondary N) is 1. The molecule has 4 rings (SSSR count). The highest BCUT2D eigenvalue weighted by molar-refractivity contribution is 5.93. The molecule has 1 aromatic carbocycles. The Morgan fingerprint density at radius 3 is 2.84 bits per heavy atom. The Labute approximate surface area is 109 Å². The van der Waals surface area contributed by atoms with E-state index in [1.165, 1.54) is 0 Å². The molecule has 4 aromatic rings. The van der Waals surface area contributed by atoms with E-state index in [0.717, 1.165) is 33.3 Å². The van der Waals surface area contributed by atoms with Crippen molar-refractivity contribution < 1.29 is 0 Å². The number of pyridine rings is 2. The molecular weight excluding hydrogens is 236 g/mol. The summed E-state index contributed by atoms with van der Waals surface area (Å²) in [6.45, 7) is 0. The van der Waals surface area contributed by atoms with Gasteiger partial charge in [0.2, 0.25) is 0 Å². The van der Waals surface area contributed by atoms with Crippen LogP contribution < -0.4 is 0 Å². The van der Waals surface area contributed by atoms with Crippen LogP contribution in [0.1, 0.15) is 0 Å². The van der Waals surface area contributed by atoms with Gasteiger partial charge in [-0.15, -0.1) is 0 Å². The zero-order valence-electron chi connectivity index (χ0n) is 10.0. The van der Waals surface area contributed by atoms with Crippen LogP contribution in [-0.4, -0.2) is 19.9 Å². The molecule has 90 valence electrons. The molecule has 0 fully saturated rings. The zero-order valence-corrected chi connectivity index (χ0v) is 10.0. The summed E-state index contributed by atoms with van der Waals surface area (Å²) in [6, 6.07) is 12.0. The van der Waals surface area contributed by atoms with Crippen LogP contribution in [0.5, 0.6) is 0 Å². The third-order valence-corrected chi connectivity index (χ3v) is 3.17. The highest BCUT2D eigenvalue weighted by atomic mass is 14.9. The lowest BCUT2D eigenvalue weighted by atomic mass is 10.1. The molecule has 0 bridgehead atoms. The summed E-state index contributed by atoms with van der Waals surface area (Å²) < 4.78 is 0. The van der Waals surface area contributed by atoms with Gasteiger partial charge in [0, 0.05) is 23.3 Å². The van der Waals surface area contributed by atoms with Crippen LogP contribution in [0, 0.1) is 0 Å². The second-order valence-electron chi connectivity index (χ2n) is 4.36. The molecule has 0 saturated carbocycles. The van der Waals surface area contributed by atoms with Crippen molar-refractivity contribution in [2.75, 3.05) is 0 Å². The van der Waals surface area contributed by atoms with Gasteiger partial charge in [-0.05, 0) is 18.2 Å². The SMILES string of the molecule is c1cnc2c(-c3nc4ccncc4[nH]3)cccc2c1. The molecule has 0 radical (unpaired) electrons. The van der Waals surface area contributed by atoms with Crippen molar-refractivity contribution in [2.45, 2.75) is 0 Å². The van der Waals surface area contributed by atoms with E-state index in [0.29, 0.717) is 0 Å². The molecule has 0 spiro atoms. The lowest BCUT2D eigenvalue weighted by Crippen LogP contribution is -1.85. The number of para-hydroxylation sites is 1. The van der Waals surface area contributed by atoms with E-state index >= 15 is 0 Å². The van der Waals surface area contributed by atoms with Crippen LogP contribution in [0.25, 0.3) is 33.3 Å². The average molecular weight is 246 g/mol. The molecule has 1 N–H and O–H groups in total. The summed E-state index contributed by atoms with van der Waals surface area (Å²) in [6.07, 6.45) is 5.33. The summed E-state index contributed by atoms with van der Waals surface area (Å²) in [7, 11) is 0. The first kappa shape index (κ1) is 10.2. The normalized spacial score (nSPS) is 11.2. The number of aromatic nitrogens is 4. The van der Waals surface area contributed by atoms with Crippen molar-refractivity contribution in [3.05, 3.63) is 55.0 Å². The molecule has 19 heavy (non-hydrogen) atoms. The van der Waals surface area contributed by atoms with Crippen molar-refractivity contribution in [3.63, 3.8) is 0 Å². The number of hydrogen-bond acceptors (Lipinski definition) is 3. The van der Waals surface area contributed by atoms with Crippen LogP contribution in [0.2, 0.25) is 0 Å². The molecule has 0 aliphatic rings. The maximum absolute atomic E-state index is 4.60. The summed E-state index contributed by atoms with van der Waals surface area (Å²) in [5, 5.41) is 1.11. The van der Waals surface area contributed by atoms with E-state index in [-0.39, 0.29) is 0 Å². The van der Waals surface area contributed by atoms with Gasteiger partial charge < -0.3 is 4.98 Å². The summed E-state index contributed by atoms with van der Waals surface area (Å²) >= 11 is 0. The molecule has 3 aromatic heterocycles. The Hall–Kier alpha value is -2.75. The largest absolute Gasteiger partial charge is 0.337 e. The van der Waals surface area contributed by atoms with Gasteiger partial charge in [-0.2, -0.15) is 0 Å². The van der Waals surface area contributed by atoms with Crippen LogP contribution in [0.3, 0.4) is 0 Å².